The van der Waals surface area contributed by atoms with Gasteiger partial charge in [-0.15, -0.1) is 0 Å². The number of rotatable bonds is 25. The second kappa shape index (κ2) is 31.0. The van der Waals surface area contributed by atoms with Crippen molar-refractivity contribution in [2.45, 2.75) is 178 Å². The van der Waals surface area contributed by atoms with Crippen LogP contribution in [0, 0.1) is 10.8 Å². The minimum Gasteiger partial charge on any atom is -1.00 e. The molecule has 1 aliphatic heterocycles. The van der Waals surface area contributed by atoms with E-state index in [0.29, 0.717) is 11.9 Å². The topological polar surface area (TPSA) is 81.8 Å². The van der Waals surface area contributed by atoms with Gasteiger partial charge in [-0.05, 0) is 72.5 Å². The minimum absolute atomic E-state index is 0. The van der Waals surface area contributed by atoms with E-state index in [2.05, 4.69) is 57.3 Å². The molecule has 0 bridgehead atoms. The lowest BCUT2D eigenvalue weighted by Gasteiger charge is -2.30. The molecule has 0 aromatic carbocycles. The first-order valence-corrected chi connectivity index (χ1v) is 20.7. The summed E-state index contributed by atoms with van der Waals surface area (Å²) in [6.45, 7) is 24.6. The van der Waals surface area contributed by atoms with Crippen LogP contribution in [0.5, 0.6) is 0 Å². The highest BCUT2D eigenvalue weighted by molar-refractivity contribution is 5.82. The van der Waals surface area contributed by atoms with Crippen molar-refractivity contribution in [3.05, 3.63) is 0 Å². The first-order chi connectivity index (χ1) is 23.4. The molecule has 306 valence electrons. The molecule has 8 nitrogen and oxygen atoms in total. The van der Waals surface area contributed by atoms with Crippen molar-refractivity contribution in [2.24, 2.45) is 10.8 Å². The Labute approximate surface area is 324 Å². The molecule has 2 N–H and O–H groups in total. The van der Waals surface area contributed by atoms with E-state index in [9.17, 15) is 14.4 Å². The van der Waals surface area contributed by atoms with Crippen molar-refractivity contribution in [2.75, 3.05) is 67.5 Å². The van der Waals surface area contributed by atoms with E-state index in [1.54, 1.807) is 0 Å². The number of carbonyl (C=O) groups is 3. The van der Waals surface area contributed by atoms with Crippen molar-refractivity contribution in [1.29, 1.82) is 0 Å². The third-order valence-corrected chi connectivity index (χ3v) is 10.6. The van der Waals surface area contributed by atoms with Crippen molar-refractivity contribution >= 4 is 17.7 Å². The van der Waals surface area contributed by atoms with Gasteiger partial charge < -0.3 is 37.3 Å². The number of halogens is 1. The maximum Gasteiger partial charge on any atom is 0.225 e. The van der Waals surface area contributed by atoms with Crippen molar-refractivity contribution in [3.8, 4) is 0 Å². The summed E-state index contributed by atoms with van der Waals surface area (Å²) in [7, 11) is 8.73. The lowest BCUT2D eigenvalue weighted by molar-refractivity contribution is -0.890. The van der Waals surface area contributed by atoms with Crippen LogP contribution < -0.4 is 23.0 Å². The highest BCUT2D eigenvalue weighted by atomic mass is 35.5. The number of quaternary nitrogens is 1. The Bertz CT molecular complexity index is 879. The number of carbonyl (C=O) groups excluding carboxylic acids is 3. The van der Waals surface area contributed by atoms with Gasteiger partial charge in [-0.25, -0.2) is 0 Å². The summed E-state index contributed by atoms with van der Waals surface area (Å²) in [4.78, 5) is 38.9. The van der Waals surface area contributed by atoms with Gasteiger partial charge in [-0.1, -0.05) is 107 Å². The van der Waals surface area contributed by atoms with E-state index in [0.717, 1.165) is 82.2 Å². The summed E-state index contributed by atoms with van der Waals surface area (Å²) in [6, 6.07) is 0.454. The lowest BCUT2D eigenvalue weighted by Crippen LogP contribution is -3.00. The molecule has 1 saturated heterocycles. The van der Waals surface area contributed by atoms with E-state index >= 15 is 0 Å². The maximum atomic E-state index is 12.1. The lowest BCUT2D eigenvalue weighted by atomic mass is 9.89. The third kappa shape index (κ3) is 28.8. The van der Waals surface area contributed by atoms with Crippen LogP contribution >= 0.6 is 0 Å². The molecule has 0 spiro atoms. The molecule has 1 rings (SSSR count). The average Bonchev–Trinajstić information content (AvgIpc) is 3.51. The predicted molar refractivity (Wildman–Crippen MR) is 216 cm³/mol. The fourth-order valence-electron chi connectivity index (χ4n) is 5.60. The van der Waals surface area contributed by atoms with Crippen LogP contribution in [0.2, 0.25) is 0 Å². The van der Waals surface area contributed by atoms with Gasteiger partial charge >= 0.3 is 0 Å². The molecular formula is C42H88ClN5O3. The van der Waals surface area contributed by atoms with Gasteiger partial charge in [0.25, 0.3) is 0 Å². The fourth-order valence-corrected chi connectivity index (χ4v) is 5.60. The number of nitrogens with one attached hydrogen (secondary N) is 2. The Morgan fingerprint density at radius 1 is 0.745 bits per heavy atom. The second-order valence-electron chi connectivity index (χ2n) is 17.0. The molecular weight excluding hydrogens is 658 g/mol. The average molecular weight is 747 g/mol. The van der Waals surface area contributed by atoms with E-state index in [1.165, 1.54) is 70.8 Å². The van der Waals surface area contributed by atoms with Crippen LogP contribution in [0.15, 0.2) is 0 Å². The van der Waals surface area contributed by atoms with Gasteiger partial charge in [0.2, 0.25) is 17.7 Å². The Morgan fingerprint density at radius 3 is 1.57 bits per heavy atom. The number of likely N-dealkylation sites (tertiary alicyclic amines) is 1. The van der Waals surface area contributed by atoms with Gasteiger partial charge in [0, 0.05) is 49.3 Å². The van der Waals surface area contributed by atoms with E-state index < -0.39 is 0 Å². The van der Waals surface area contributed by atoms with Crippen LogP contribution in [-0.4, -0.2) is 106 Å². The molecule has 1 heterocycles. The van der Waals surface area contributed by atoms with Crippen molar-refractivity contribution in [3.63, 3.8) is 0 Å². The Balaban J connectivity index is -0.000000766. The quantitative estimate of drug-likeness (QED) is 0.0912. The van der Waals surface area contributed by atoms with Crippen LogP contribution in [0.1, 0.15) is 171 Å². The smallest absolute Gasteiger partial charge is 0.225 e. The van der Waals surface area contributed by atoms with E-state index in [1.807, 2.05) is 53.6 Å². The molecule has 1 fully saturated rings. The predicted octanol–water partition coefficient (Wildman–Crippen LogP) is 5.83. The molecule has 51 heavy (non-hydrogen) atoms. The molecule has 9 heteroatoms. The number of amides is 3. The SMILES string of the molecule is CCC(C)(C)C(=O)NCCCN(C)C.CCC(C)N1CCCC1=O.CCCCCCCCCCCC[N+](C)(C)CCCNC(=O)C(C)(C)CC.[Cl-]. The van der Waals surface area contributed by atoms with E-state index in [4.69, 9.17) is 0 Å². The molecule has 0 saturated carbocycles. The zero-order valence-electron chi connectivity index (χ0n) is 36.3. The van der Waals surface area contributed by atoms with Crippen molar-refractivity contribution in [1.82, 2.24) is 20.4 Å². The van der Waals surface area contributed by atoms with Gasteiger partial charge in [0.15, 0.2) is 0 Å². The Morgan fingerprint density at radius 2 is 1.18 bits per heavy atom. The zero-order chi connectivity index (χ0) is 38.6. The standard InChI is InChI=1S/C23H48N2O.C11H24N2O.C8H15NO.ClH/c1-7-9-10-11-12-13-14-15-16-17-20-25(5,6)21-18-19-24-22(26)23(3,4)8-2;1-6-11(2,3)10(14)12-8-7-9-13(4)5;1-3-7(2)9-6-4-5-8(9)10;/h7-21H2,1-6H3;6-9H2,1-5H3,(H,12,14);7H,3-6H2,1-2H3;1H. The van der Waals surface area contributed by atoms with E-state index in [-0.39, 0.29) is 35.1 Å². The summed E-state index contributed by atoms with van der Waals surface area (Å²) in [6.07, 6.45) is 20.7. The minimum atomic E-state index is -0.236. The van der Waals surface area contributed by atoms with Crippen LogP contribution in [0.25, 0.3) is 0 Å². The number of unbranched alkanes of at least 4 members (excludes halogenated alkanes) is 9. The monoisotopic (exact) mass is 746 g/mol. The van der Waals surface area contributed by atoms with Crippen LogP contribution in [0.3, 0.4) is 0 Å². The highest BCUT2D eigenvalue weighted by Gasteiger charge is 2.26. The van der Waals surface area contributed by atoms with Gasteiger partial charge in [-0.3, -0.25) is 14.4 Å². The Hall–Kier alpha value is -1.38. The summed E-state index contributed by atoms with van der Waals surface area (Å²) >= 11 is 0. The molecule has 0 radical (unpaired) electrons. The molecule has 0 aromatic rings. The third-order valence-electron chi connectivity index (χ3n) is 10.6. The maximum absolute atomic E-state index is 12.1. The first kappa shape index (κ1) is 54.0. The second-order valence-corrected chi connectivity index (χ2v) is 17.0. The van der Waals surface area contributed by atoms with Crippen LogP contribution in [-0.2, 0) is 14.4 Å². The molecule has 3 amide bonds. The first-order valence-electron chi connectivity index (χ1n) is 20.7. The number of hydrogen-bond acceptors (Lipinski definition) is 4. The zero-order valence-corrected chi connectivity index (χ0v) is 37.0. The molecule has 1 unspecified atom stereocenters. The van der Waals surface area contributed by atoms with Crippen LogP contribution in [0.4, 0.5) is 0 Å². The molecule has 0 aliphatic carbocycles. The van der Waals surface area contributed by atoms with Crippen molar-refractivity contribution < 1.29 is 31.3 Å². The summed E-state index contributed by atoms with van der Waals surface area (Å²) in [5, 5.41) is 6.07. The number of nitrogens with zero attached hydrogens (tertiary/aromatic N) is 3. The summed E-state index contributed by atoms with van der Waals surface area (Å²) in [5.41, 5.74) is -0.460. The molecule has 0 aromatic heterocycles. The molecule has 1 atom stereocenters. The van der Waals surface area contributed by atoms with Gasteiger partial charge in [0.05, 0.1) is 27.2 Å². The summed E-state index contributed by atoms with van der Waals surface area (Å²) < 4.78 is 1.07. The summed E-state index contributed by atoms with van der Waals surface area (Å²) in [5.74, 6) is 0.702. The fraction of sp³-hybridized carbons (Fsp3) is 0.929. The largest absolute Gasteiger partial charge is 1.00 e. The molecule has 1 aliphatic rings. The van der Waals surface area contributed by atoms with Gasteiger partial charge in [0.1, 0.15) is 0 Å². The van der Waals surface area contributed by atoms with Gasteiger partial charge in [-0.2, -0.15) is 0 Å². The normalized spacial score (nSPS) is 13.8. The number of hydrogen-bond donors (Lipinski definition) is 2. The highest BCUT2D eigenvalue weighted by Crippen LogP contribution is 2.20. The Kier molecular flexibility index (Phi) is 32.8.